The lowest BCUT2D eigenvalue weighted by Gasteiger charge is -2.12. The molecule has 1 aromatic heterocycles. The molecule has 78 valence electrons. The summed E-state index contributed by atoms with van der Waals surface area (Å²) in [5, 5.41) is 9.90. The third-order valence-electron chi connectivity index (χ3n) is 2.45. The highest BCUT2D eigenvalue weighted by Crippen LogP contribution is 2.20. The van der Waals surface area contributed by atoms with E-state index in [1.165, 1.54) is 0 Å². The molecule has 1 rings (SSSR count). The summed E-state index contributed by atoms with van der Waals surface area (Å²) in [6, 6.07) is 3.96. The van der Waals surface area contributed by atoms with Gasteiger partial charge < -0.3 is 5.11 Å². The van der Waals surface area contributed by atoms with Gasteiger partial charge in [-0.2, -0.15) is 0 Å². The first kappa shape index (κ1) is 11.2. The van der Waals surface area contributed by atoms with Gasteiger partial charge in [0.15, 0.2) is 0 Å². The number of rotatable bonds is 5. The van der Waals surface area contributed by atoms with Crippen LogP contribution in [0.15, 0.2) is 18.3 Å². The second-order valence-corrected chi connectivity index (χ2v) is 3.56. The van der Waals surface area contributed by atoms with Crippen molar-refractivity contribution in [3.8, 4) is 0 Å². The summed E-state index contributed by atoms with van der Waals surface area (Å²) in [6.45, 7) is 4.22. The van der Waals surface area contributed by atoms with Crippen LogP contribution in [-0.2, 0) is 6.42 Å². The van der Waals surface area contributed by atoms with Crippen LogP contribution < -0.4 is 0 Å². The number of aliphatic hydroxyl groups is 1. The Balaban J connectivity index is 2.72. The van der Waals surface area contributed by atoms with Crippen molar-refractivity contribution in [1.82, 2.24) is 4.98 Å². The van der Waals surface area contributed by atoms with Crippen LogP contribution in [0, 0.1) is 0 Å². The molecule has 1 unspecified atom stereocenters. The van der Waals surface area contributed by atoms with Gasteiger partial charge in [-0.05, 0) is 24.5 Å². The zero-order valence-electron chi connectivity index (χ0n) is 9.03. The molecule has 0 fully saturated rings. The largest absolute Gasteiger partial charge is 0.387 e. The van der Waals surface area contributed by atoms with Crippen LogP contribution in [0.25, 0.3) is 0 Å². The van der Waals surface area contributed by atoms with Crippen molar-refractivity contribution in [2.24, 2.45) is 0 Å². The summed E-state index contributed by atoms with van der Waals surface area (Å²) in [5.74, 6) is 0. The number of hydrogen-bond acceptors (Lipinski definition) is 2. The van der Waals surface area contributed by atoms with Gasteiger partial charge in [-0.3, -0.25) is 4.98 Å². The topological polar surface area (TPSA) is 33.1 Å². The van der Waals surface area contributed by atoms with E-state index in [0.29, 0.717) is 0 Å². The minimum atomic E-state index is -0.383. The van der Waals surface area contributed by atoms with Gasteiger partial charge in [-0.15, -0.1) is 0 Å². The molecule has 0 saturated heterocycles. The quantitative estimate of drug-likeness (QED) is 0.780. The Labute approximate surface area is 86.0 Å². The second-order valence-electron chi connectivity index (χ2n) is 3.56. The van der Waals surface area contributed by atoms with E-state index in [9.17, 15) is 5.11 Å². The van der Waals surface area contributed by atoms with E-state index in [4.69, 9.17) is 0 Å². The van der Waals surface area contributed by atoms with Gasteiger partial charge in [-0.1, -0.05) is 32.8 Å². The van der Waals surface area contributed by atoms with Crippen LogP contribution in [0.3, 0.4) is 0 Å². The van der Waals surface area contributed by atoms with Gasteiger partial charge in [0.05, 0.1) is 11.8 Å². The zero-order chi connectivity index (χ0) is 10.4. The van der Waals surface area contributed by atoms with Crippen molar-refractivity contribution < 1.29 is 5.11 Å². The molecule has 0 radical (unpaired) electrons. The van der Waals surface area contributed by atoms with Gasteiger partial charge in [0.25, 0.3) is 0 Å². The van der Waals surface area contributed by atoms with E-state index >= 15 is 0 Å². The fraction of sp³-hybridized carbons (Fsp3) is 0.583. The molecular formula is C12H19NO. The summed E-state index contributed by atoms with van der Waals surface area (Å²) in [4.78, 5) is 4.25. The molecule has 1 N–H and O–H groups in total. The van der Waals surface area contributed by atoms with Crippen LogP contribution >= 0.6 is 0 Å². The van der Waals surface area contributed by atoms with E-state index in [1.54, 1.807) is 6.20 Å². The maximum atomic E-state index is 9.90. The smallest absolute Gasteiger partial charge is 0.0962 e. The molecule has 1 atom stereocenters. The zero-order valence-corrected chi connectivity index (χ0v) is 9.03. The van der Waals surface area contributed by atoms with Crippen molar-refractivity contribution >= 4 is 0 Å². The number of nitrogens with zero attached hydrogens (tertiary/aromatic N) is 1. The van der Waals surface area contributed by atoms with Crippen LogP contribution in [0.2, 0.25) is 0 Å². The fourth-order valence-corrected chi connectivity index (χ4v) is 1.58. The highest BCUT2D eigenvalue weighted by Gasteiger charge is 2.11. The number of aliphatic hydroxyl groups excluding tert-OH is 1. The standard InChI is InChI=1S/C12H19NO/c1-3-5-8-11(14)12-10(4-2)7-6-9-13-12/h6-7,9,11,14H,3-5,8H2,1-2H3. The van der Waals surface area contributed by atoms with Crippen molar-refractivity contribution in [2.45, 2.75) is 45.6 Å². The highest BCUT2D eigenvalue weighted by molar-refractivity contribution is 5.21. The van der Waals surface area contributed by atoms with Crippen LogP contribution in [0.1, 0.15) is 50.5 Å². The Bertz CT molecular complexity index is 273. The molecule has 2 heteroatoms. The molecule has 0 aliphatic carbocycles. The number of pyridine rings is 1. The minimum absolute atomic E-state index is 0.383. The van der Waals surface area contributed by atoms with Crippen LogP contribution in [0.4, 0.5) is 0 Å². The highest BCUT2D eigenvalue weighted by atomic mass is 16.3. The van der Waals surface area contributed by atoms with Crippen molar-refractivity contribution in [1.29, 1.82) is 0 Å². The van der Waals surface area contributed by atoms with Gasteiger partial charge in [0.2, 0.25) is 0 Å². The summed E-state index contributed by atoms with van der Waals surface area (Å²) in [6.07, 6.45) is 5.30. The van der Waals surface area contributed by atoms with E-state index in [0.717, 1.165) is 36.9 Å². The maximum absolute atomic E-state index is 9.90. The van der Waals surface area contributed by atoms with Gasteiger partial charge in [0, 0.05) is 6.20 Å². The second kappa shape index (κ2) is 5.76. The maximum Gasteiger partial charge on any atom is 0.0962 e. The third-order valence-corrected chi connectivity index (χ3v) is 2.45. The SMILES string of the molecule is CCCCC(O)c1ncccc1CC. The van der Waals surface area contributed by atoms with Crippen LogP contribution in [0.5, 0.6) is 0 Å². The molecule has 1 aromatic rings. The number of aromatic nitrogens is 1. The lowest BCUT2D eigenvalue weighted by Crippen LogP contribution is -2.04. The van der Waals surface area contributed by atoms with E-state index in [1.807, 2.05) is 12.1 Å². The normalized spacial score (nSPS) is 12.8. The Morgan fingerprint density at radius 1 is 1.43 bits per heavy atom. The van der Waals surface area contributed by atoms with Crippen molar-refractivity contribution in [3.63, 3.8) is 0 Å². The molecule has 1 heterocycles. The molecule has 0 aliphatic rings. The number of aryl methyl sites for hydroxylation is 1. The molecule has 0 saturated carbocycles. The molecule has 0 spiro atoms. The first-order valence-corrected chi connectivity index (χ1v) is 5.41. The lowest BCUT2D eigenvalue weighted by molar-refractivity contribution is 0.158. The number of unbranched alkanes of at least 4 members (excludes halogenated alkanes) is 1. The predicted molar refractivity (Wildman–Crippen MR) is 58.1 cm³/mol. The Morgan fingerprint density at radius 2 is 2.21 bits per heavy atom. The molecular weight excluding hydrogens is 174 g/mol. The van der Waals surface area contributed by atoms with E-state index < -0.39 is 0 Å². The van der Waals surface area contributed by atoms with Gasteiger partial charge in [-0.25, -0.2) is 0 Å². The Kier molecular flexibility index (Phi) is 4.60. The monoisotopic (exact) mass is 193 g/mol. The van der Waals surface area contributed by atoms with Gasteiger partial charge >= 0.3 is 0 Å². The molecule has 14 heavy (non-hydrogen) atoms. The average Bonchev–Trinajstić information content (AvgIpc) is 2.25. The summed E-state index contributed by atoms with van der Waals surface area (Å²) in [5.41, 5.74) is 2.03. The van der Waals surface area contributed by atoms with Crippen molar-refractivity contribution in [3.05, 3.63) is 29.6 Å². The number of hydrogen-bond donors (Lipinski definition) is 1. The Morgan fingerprint density at radius 3 is 2.86 bits per heavy atom. The first-order valence-electron chi connectivity index (χ1n) is 5.41. The summed E-state index contributed by atoms with van der Waals surface area (Å²) in [7, 11) is 0. The average molecular weight is 193 g/mol. The van der Waals surface area contributed by atoms with E-state index in [2.05, 4.69) is 18.8 Å². The fourth-order valence-electron chi connectivity index (χ4n) is 1.58. The van der Waals surface area contributed by atoms with Gasteiger partial charge in [0.1, 0.15) is 0 Å². The van der Waals surface area contributed by atoms with Crippen molar-refractivity contribution in [2.75, 3.05) is 0 Å². The molecule has 2 nitrogen and oxygen atoms in total. The minimum Gasteiger partial charge on any atom is -0.387 e. The first-order chi connectivity index (χ1) is 6.79. The summed E-state index contributed by atoms with van der Waals surface area (Å²) >= 11 is 0. The predicted octanol–water partition coefficient (Wildman–Crippen LogP) is 2.87. The summed E-state index contributed by atoms with van der Waals surface area (Å²) < 4.78 is 0. The third kappa shape index (κ3) is 2.81. The molecule has 0 aromatic carbocycles. The lowest BCUT2D eigenvalue weighted by atomic mass is 10.0. The van der Waals surface area contributed by atoms with Crippen LogP contribution in [-0.4, -0.2) is 10.1 Å². The Hall–Kier alpha value is -0.890. The molecule has 0 bridgehead atoms. The van der Waals surface area contributed by atoms with E-state index in [-0.39, 0.29) is 6.10 Å². The molecule has 0 aliphatic heterocycles. The molecule has 0 amide bonds.